The van der Waals surface area contributed by atoms with Gasteiger partial charge in [0.2, 0.25) is 0 Å². The Morgan fingerprint density at radius 2 is 1.97 bits per heavy atom. The smallest absolute Gasteiger partial charge is 0.314 e. The zero-order valence-electron chi connectivity index (χ0n) is 17.3. The summed E-state index contributed by atoms with van der Waals surface area (Å²) < 4.78 is 1.30. The standard InChI is InChI=1S/C22H24N6O3/c1-14-13-18(28(27-14)22-24-17-11-5-10-16(17)19(29)26-22)25-21(31)20(30)23-12-6-9-15-7-3-2-4-8-15/h2-4,7-8,13,16H,5-6,9-12H2,1H3,(H,23,30)(H,25,31). The molecule has 160 valence electrons. The van der Waals surface area contributed by atoms with E-state index in [2.05, 4.69) is 25.7 Å². The Bertz CT molecular complexity index is 1070. The van der Waals surface area contributed by atoms with Crippen LogP contribution < -0.4 is 10.6 Å². The van der Waals surface area contributed by atoms with E-state index in [0.29, 0.717) is 12.2 Å². The summed E-state index contributed by atoms with van der Waals surface area (Å²) in [6.07, 6.45) is 3.95. The van der Waals surface area contributed by atoms with E-state index in [4.69, 9.17) is 0 Å². The third kappa shape index (κ3) is 4.76. The number of aromatic nitrogens is 2. The van der Waals surface area contributed by atoms with Gasteiger partial charge in [-0.1, -0.05) is 30.3 Å². The molecule has 1 aliphatic heterocycles. The third-order valence-electron chi connectivity index (χ3n) is 5.32. The van der Waals surface area contributed by atoms with Crippen molar-refractivity contribution in [3.05, 3.63) is 47.7 Å². The van der Waals surface area contributed by atoms with Crippen LogP contribution >= 0.6 is 0 Å². The lowest BCUT2D eigenvalue weighted by molar-refractivity contribution is -0.136. The summed E-state index contributed by atoms with van der Waals surface area (Å²) in [6.45, 7) is 2.13. The first-order chi connectivity index (χ1) is 15.0. The number of nitrogens with one attached hydrogen (secondary N) is 2. The van der Waals surface area contributed by atoms with Crippen molar-refractivity contribution in [3.63, 3.8) is 0 Å². The van der Waals surface area contributed by atoms with Gasteiger partial charge in [-0.25, -0.2) is 4.99 Å². The lowest BCUT2D eigenvalue weighted by Crippen LogP contribution is -2.37. The van der Waals surface area contributed by atoms with Crippen molar-refractivity contribution in [1.82, 2.24) is 15.1 Å². The van der Waals surface area contributed by atoms with Gasteiger partial charge in [-0.15, -0.1) is 0 Å². The van der Waals surface area contributed by atoms with Crippen LogP contribution in [-0.2, 0) is 20.8 Å². The SMILES string of the molecule is Cc1cc(NC(=O)C(=O)NCCCc2ccccc2)n(C2=NC(=O)C3CCCC3=N2)n1. The number of nitrogens with zero attached hydrogens (tertiary/aromatic N) is 4. The number of aliphatic imine (C=N–C) groups is 2. The topological polar surface area (TPSA) is 118 Å². The van der Waals surface area contributed by atoms with Crippen molar-refractivity contribution in [2.45, 2.75) is 39.0 Å². The van der Waals surface area contributed by atoms with Crippen molar-refractivity contribution < 1.29 is 14.4 Å². The monoisotopic (exact) mass is 420 g/mol. The van der Waals surface area contributed by atoms with E-state index in [-0.39, 0.29) is 23.6 Å². The minimum atomic E-state index is -0.810. The lowest BCUT2D eigenvalue weighted by atomic mass is 10.1. The minimum absolute atomic E-state index is 0.116. The Labute approximate surface area is 179 Å². The van der Waals surface area contributed by atoms with Crippen LogP contribution in [0.3, 0.4) is 0 Å². The average molecular weight is 420 g/mol. The molecule has 0 bridgehead atoms. The molecule has 1 atom stereocenters. The van der Waals surface area contributed by atoms with E-state index >= 15 is 0 Å². The molecule has 0 saturated heterocycles. The highest BCUT2D eigenvalue weighted by Gasteiger charge is 2.33. The molecule has 1 saturated carbocycles. The molecule has 2 aliphatic rings. The van der Waals surface area contributed by atoms with E-state index in [0.717, 1.165) is 37.8 Å². The van der Waals surface area contributed by atoms with E-state index in [1.807, 2.05) is 30.3 Å². The van der Waals surface area contributed by atoms with Gasteiger partial charge in [0.05, 0.1) is 11.6 Å². The molecule has 1 unspecified atom stereocenters. The summed E-state index contributed by atoms with van der Waals surface area (Å²) in [5, 5.41) is 9.46. The molecule has 0 radical (unpaired) electrons. The van der Waals surface area contributed by atoms with Gasteiger partial charge in [0.25, 0.3) is 11.9 Å². The molecule has 1 aromatic carbocycles. The average Bonchev–Trinajstić information content (AvgIpc) is 3.38. The first-order valence-corrected chi connectivity index (χ1v) is 10.4. The summed E-state index contributed by atoms with van der Waals surface area (Å²) in [4.78, 5) is 45.4. The zero-order valence-corrected chi connectivity index (χ0v) is 17.3. The highest BCUT2D eigenvalue weighted by molar-refractivity contribution is 6.39. The largest absolute Gasteiger partial charge is 0.348 e. The predicted octanol–water partition coefficient (Wildman–Crippen LogP) is 1.86. The highest BCUT2D eigenvalue weighted by Crippen LogP contribution is 2.27. The number of carbonyl (C=O) groups excluding carboxylic acids is 3. The van der Waals surface area contributed by atoms with Gasteiger partial charge >= 0.3 is 11.8 Å². The summed E-state index contributed by atoms with van der Waals surface area (Å²) in [7, 11) is 0. The van der Waals surface area contributed by atoms with Crippen molar-refractivity contribution in [1.29, 1.82) is 0 Å². The predicted molar refractivity (Wildman–Crippen MR) is 116 cm³/mol. The second-order valence-corrected chi connectivity index (χ2v) is 7.68. The molecule has 0 spiro atoms. The summed E-state index contributed by atoms with van der Waals surface area (Å²) >= 11 is 0. The fraction of sp³-hybridized carbons (Fsp3) is 0.364. The van der Waals surface area contributed by atoms with Gasteiger partial charge in [0, 0.05) is 18.3 Å². The number of amides is 3. The Morgan fingerprint density at radius 1 is 1.16 bits per heavy atom. The molecule has 1 aromatic heterocycles. The minimum Gasteiger partial charge on any atom is -0.348 e. The van der Waals surface area contributed by atoms with E-state index in [1.165, 1.54) is 10.2 Å². The van der Waals surface area contributed by atoms with E-state index in [1.54, 1.807) is 13.0 Å². The van der Waals surface area contributed by atoms with Crippen LogP contribution in [0.5, 0.6) is 0 Å². The first-order valence-electron chi connectivity index (χ1n) is 10.4. The summed E-state index contributed by atoms with van der Waals surface area (Å²) in [5.74, 6) is -1.66. The van der Waals surface area contributed by atoms with Crippen LogP contribution in [0.4, 0.5) is 5.82 Å². The first kappa shape index (κ1) is 20.6. The molecular weight excluding hydrogens is 396 g/mol. The van der Waals surface area contributed by atoms with Crippen LogP contribution in [0.2, 0.25) is 0 Å². The number of benzene rings is 1. The second kappa shape index (κ2) is 9.03. The Morgan fingerprint density at radius 3 is 2.77 bits per heavy atom. The van der Waals surface area contributed by atoms with Crippen molar-refractivity contribution in [3.8, 4) is 0 Å². The highest BCUT2D eigenvalue weighted by atomic mass is 16.2. The van der Waals surface area contributed by atoms with Crippen LogP contribution in [0.1, 0.15) is 36.9 Å². The zero-order chi connectivity index (χ0) is 21.8. The number of rotatable bonds is 5. The van der Waals surface area contributed by atoms with Gasteiger partial charge in [0.15, 0.2) is 0 Å². The van der Waals surface area contributed by atoms with Gasteiger partial charge < -0.3 is 10.6 Å². The Balaban J connectivity index is 1.36. The van der Waals surface area contributed by atoms with Crippen LogP contribution in [0.25, 0.3) is 0 Å². The molecule has 1 aliphatic carbocycles. The van der Waals surface area contributed by atoms with Gasteiger partial charge in [0.1, 0.15) is 5.82 Å². The van der Waals surface area contributed by atoms with Crippen molar-refractivity contribution >= 4 is 35.2 Å². The number of fused-ring (bicyclic) bond motifs is 1. The lowest BCUT2D eigenvalue weighted by Gasteiger charge is -2.15. The Kier molecular flexibility index (Phi) is 6.01. The van der Waals surface area contributed by atoms with Crippen molar-refractivity contribution in [2.24, 2.45) is 15.9 Å². The molecule has 2 N–H and O–H groups in total. The van der Waals surface area contributed by atoms with Crippen LogP contribution in [0, 0.1) is 12.8 Å². The van der Waals surface area contributed by atoms with Crippen LogP contribution in [0.15, 0.2) is 46.4 Å². The van der Waals surface area contributed by atoms with Crippen molar-refractivity contribution in [2.75, 3.05) is 11.9 Å². The molecular formula is C22H24N6O3. The van der Waals surface area contributed by atoms with E-state index in [9.17, 15) is 14.4 Å². The third-order valence-corrected chi connectivity index (χ3v) is 5.32. The number of anilines is 1. The quantitative estimate of drug-likeness (QED) is 0.567. The molecule has 1 fully saturated rings. The van der Waals surface area contributed by atoms with Crippen LogP contribution in [-0.4, -0.2) is 45.7 Å². The van der Waals surface area contributed by atoms with E-state index < -0.39 is 11.8 Å². The second-order valence-electron chi connectivity index (χ2n) is 7.68. The molecule has 31 heavy (non-hydrogen) atoms. The number of hydrogen-bond acceptors (Lipinski definition) is 5. The summed E-state index contributed by atoms with van der Waals surface area (Å²) in [5.41, 5.74) is 2.58. The maximum absolute atomic E-state index is 12.4. The maximum atomic E-state index is 12.4. The number of aryl methyl sites for hydroxylation is 2. The fourth-order valence-corrected chi connectivity index (χ4v) is 3.79. The van der Waals surface area contributed by atoms with Gasteiger partial charge in [-0.2, -0.15) is 14.8 Å². The molecule has 2 heterocycles. The maximum Gasteiger partial charge on any atom is 0.314 e. The molecule has 9 heteroatoms. The molecule has 4 rings (SSSR count). The van der Waals surface area contributed by atoms with Gasteiger partial charge in [-0.05, 0) is 44.6 Å². The van der Waals surface area contributed by atoms with Gasteiger partial charge in [-0.3, -0.25) is 14.4 Å². The fourth-order valence-electron chi connectivity index (χ4n) is 3.79. The molecule has 3 amide bonds. The number of carbonyl (C=O) groups is 3. The normalized spacial score (nSPS) is 17.6. The summed E-state index contributed by atoms with van der Waals surface area (Å²) in [6, 6.07) is 11.5. The Hall–Kier alpha value is -3.62. The molecule has 9 nitrogen and oxygen atoms in total. The number of hydrogen-bond donors (Lipinski definition) is 2. The molecule has 2 aromatic rings.